The van der Waals surface area contributed by atoms with Crippen LogP contribution in [0.3, 0.4) is 0 Å². The minimum absolute atomic E-state index is 0.0000785. The summed E-state index contributed by atoms with van der Waals surface area (Å²) in [6.07, 6.45) is 14.3. The molecule has 4 aromatic carbocycles. The number of unbranched alkanes of at least 4 members (excludes halogenated alkanes) is 2. The summed E-state index contributed by atoms with van der Waals surface area (Å²) in [6.45, 7) is 2.18. The van der Waals surface area contributed by atoms with Crippen molar-refractivity contribution >= 4 is 87.8 Å². The molecule has 0 bridgehead atoms. The van der Waals surface area contributed by atoms with E-state index < -0.39 is 53.6 Å². The summed E-state index contributed by atoms with van der Waals surface area (Å²) >= 11 is 2.79. The van der Waals surface area contributed by atoms with E-state index in [0.717, 1.165) is 20.9 Å². The number of carboxylic acid groups (broad SMARTS) is 1. The van der Waals surface area contributed by atoms with E-state index in [-0.39, 0.29) is 47.0 Å². The molecule has 0 saturated carbocycles. The number of rotatable bonds is 19. The van der Waals surface area contributed by atoms with Crippen LogP contribution in [-0.4, -0.2) is 74.9 Å². The van der Waals surface area contributed by atoms with Crippen LogP contribution < -0.4 is 10.6 Å². The molecule has 1 aliphatic carbocycles. The first-order valence-corrected chi connectivity index (χ1v) is 29.0. The molecule has 20 heteroatoms. The molecule has 0 radical (unpaired) electrons. The van der Waals surface area contributed by atoms with E-state index in [1.54, 1.807) is 31.2 Å². The molecular weight excluding hydrogens is 1040 g/mol. The second kappa shape index (κ2) is 23.7. The molecular formula is C54H50N2O13S5. The Balaban J connectivity index is 1.32. The van der Waals surface area contributed by atoms with E-state index in [2.05, 4.69) is 10.6 Å². The number of carbonyl (C=O) groups is 3. The molecule has 384 valence electrons. The Kier molecular flexibility index (Phi) is 17.7. The summed E-state index contributed by atoms with van der Waals surface area (Å²) in [7, 11) is -13.7. The normalized spacial score (nSPS) is 17.4. The monoisotopic (exact) mass is 1090 g/mol. The summed E-state index contributed by atoms with van der Waals surface area (Å²) < 4.78 is 102. The highest BCUT2D eigenvalue weighted by atomic mass is 32.2. The van der Waals surface area contributed by atoms with Crippen molar-refractivity contribution in [3.8, 4) is 21.6 Å². The number of hydrogen-bond acceptors (Lipinski definition) is 11. The van der Waals surface area contributed by atoms with Crippen LogP contribution >= 0.6 is 23.1 Å². The number of carbonyl (C=O) groups excluding carboxylic acids is 2. The smallest absolute Gasteiger partial charge is 0.303 e. The summed E-state index contributed by atoms with van der Waals surface area (Å²) in [6, 6.07) is 30.3. The maximum absolute atomic E-state index is 14.6. The predicted octanol–water partition coefficient (Wildman–Crippen LogP) is 10.1. The highest BCUT2D eigenvalue weighted by Crippen LogP contribution is 2.44. The largest absolute Gasteiger partial charge is 0.744 e. The first-order valence-electron chi connectivity index (χ1n) is 23.1. The molecule has 0 saturated heterocycles. The lowest BCUT2D eigenvalue weighted by atomic mass is 9.70. The van der Waals surface area contributed by atoms with Gasteiger partial charge in [0.1, 0.15) is 15.5 Å². The van der Waals surface area contributed by atoms with Gasteiger partial charge in [0.25, 0.3) is 20.2 Å². The van der Waals surface area contributed by atoms with Crippen molar-refractivity contribution in [3.63, 3.8) is 0 Å². The van der Waals surface area contributed by atoms with Crippen LogP contribution in [0, 0.1) is 5.41 Å². The Morgan fingerprint density at radius 2 is 1.27 bits per heavy atom. The van der Waals surface area contributed by atoms with Crippen molar-refractivity contribution in [2.45, 2.75) is 60.1 Å². The Morgan fingerprint density at radius 3 is 1.88 bits per heavy atom. The molecule has 2 amide bonds. The lowest BCUT2D eigenvalue weighted by molar-refractivity contribution is -0.144. The van der Waals surface area contributed by atoms with Crippen LogP contribution in [0.15, 0.2) is 182 Å². The number of thioether (sulfide) groups is 1. The Bertz CT molecular complexity index is 3500. The zero-order chi connectivity index (χ0) is 53.3. The van der Waals surface area contributed by atoms with Gasteiger partial charge in [-0.2, -0.15) is 16.8 Å². The van der Waals surface area contributed by atoms with Gasteiger partial charge in [-0.15, -0.1) is 0 Å². The maximum atomic E-state index is 14.6. The first kappa shape index (κ1) is 55.1. The van der Waals surface area contributed by atoms with Crippen molar-refractivity contribution in [3.05, 3.63) is 184 Å². The molecule has 74 heavy (non-hydrogen) atoms. The standard InChI is InChI=1S/C54H50N2O13S5/c1-2-55-52(59)54(53(60)56-28-8-4-7-11-51(57)58)34-36(12-20-44-30-42(32-49(70-44)40-9-5-3-6-10-40)38-14-22-46(23-15-38)72(61,62)63)29-37(35-54)13-21-45-31-43(39-16-24-47(25-17-39)73(64,65)66)33-50(71-45)41-18-26-48(27-19-41)74(67,68)69/h3,5-6,9-10,12-27,29-33H,2,4,7-8,11,28,34-35H2,1H3,(H5-,55,56,57,58,59,60,61,62,63,64,65,66,67,68,69). The zero-order valence-electron chi connectivity index (χ0n) is 39.6. The molecule has 0 fully saturated rings. The molecule has 1 atom stereocenters. The molecule has 0 spiro atoms. The molecule has 1 unspecified atom stereocenters. The van der Waals surface area contributed by atoms with E-state index in [1.807, 2.05) is 72.8 Å². The summed E-state index contributed by atoms with van der Waals surface area (Å²) in [5.41, 5.74) is 3.68. The van der Waals surface area contributed by atoms with E-state index in [4.69, 9.17) is 5.11 Å². The van der Waals surface area contributed by atoms with Gasteiger partial charge >= 0.3 is 5.97 Å². The third-order valence-corrected chi connectivity index (χ3v) is 16.7. The second-order valence-electron chi connectivity index (χ2n) is 17.3. The Labute approximate surface area is 438 Å². The lowest BCUT2D eigenvalue weighted by Crippen LogP contribution is -2.52. The molecule has 2 aliphatic rings. The fourth-order valence-corrected chi connectivity index (χ4v) is 11.7. The van der Waals surface area contributed by atoms with Crippen LogP contribution in [0.25, 0.3) is 38.1 Å². The first-order chi connectivity index (χ1) is 35.1. The molecule has 2 heterocycles. The van der Waals surface area contributed by atoms with Crippen molar-refractivity contribution < 1.29 is 58.4 Å². The van der Waals surface area contributed by atoms with Gasteiger partial charge in [-0.05, 0) is 138 Å². The van der Waals surface area contributed by atoms with Crippen molar-refractivity contribution in [2.24, 2.45) is 5.41 Å². The van der Waals surface area contributed by atoms with Gasteiger partial charge in [-0.25, -0.2) is 8.42 Å². The zero-order valence-corrected chi connectivity index (χ0v) is 43.7. The summed E-state index contributed by atoms with van der Waals surface area (Å²) in [4.78, 5) is 42.0. The molecule has 1 aliphatic heterocycles. The second-order valence-corrected chi connectivity index (χ2v) is 23.7. The van der Waals surface area contributed by atoms with Crippen LogP contribution in [0.4, 0.5) is 0 Å². The third-order valence-electron chi connectivity index (χ3n) is 11.9. The summed E-state index contributed by atoms with van der Waals surface area (Å²) in [5.74, 6) is -1.93. The Morgan fingerprint density at radius 1 is 0.662 bits per heavy atom. The van der Waals surface area contributed by atoms with Gasteiger partial charge in [0.05, 0.1) is 14.7 Å². The Hall–Kier alpha value is -6.62. The van der Waals surface area contributed by atoms with Gasteiger partial charge in [0, 0.05) is 53.1 Å². The van der Waals surface area contributed by atoms with Crippen molar-refractivity contribution in [1.82, 2.24) is 10.6 Å². The molecule has 1 aromatic heterocycles. The number of nitrogens with one attached hydrogen (secondary N) is 2. The topological polar surface area (TPSA) is 261 Å². The number of carboxylic acids is 1. The fraction of sp³-hybridized carbons (Fsp3) is 0.185. The number of allylic oxidation sites excluding steroid dienone is 9. The van der Waals surface area contributed by atoms with Crippen LogP contribution in [0.5, 0.6) is 0 Å². The quantitative estimate of drug-likeness (QED) is 0.0223. The van der Waals surface area contributed by atoms with Crippen LogP contribution in [0.2, 0.25) is 0 Å². The summed E-state index contributed by atoms with van der Waals surface area (Å²) in [5, 5.41) is 14.9. The van der Waals surface area contributed by atoms with Crippen LogP contribution in [-0.2, 0) is 44.7 Å². The highest BCUT2D eigenvalue weighted by Gasteiger charge is 2.48. The number of aliphatic carboxylic acids is 1. The van der Waals surface area contributed by atoms with E-state index in [9.17, 15) is 53.3 Å². The minimum atomic E-state index is -4.68. The van der Waals surface area contributed by atoms with Crippen molar-refractivity contribution in [2.75, 3.05) is 13.1 Å². The van der Waals surface area contributed by atoms with E-state index in [1.165, 1.54) is 83.8 Å². The average molecular weight is 1100 g/mol. The SMILES string of the molecule is CCNC(=O)C1(C(=O)NCCCCCC(=O)O)CC(/C=C/c2cc(-c3ccc(S(=O)(=O)[O-])cc3)cc(-c3ccccc3)[s+]2)=CC(=C/C=C2\C=C(c3ccc(S(=O)(=O)O)cc3)C=C(c3ccc(S(=O)(=O)O)cc3)S2)/C1. The van der Waals surface area contributed by atoms with Gasteiger partial charge in [0.15, 0.2) is 0 Å². The molecule has 7 rings (SSSR count). The molecule has 5 N–H and O–H groups in total. The molecule has 5 aromatic rings. The highest BCUT2D eigenvalue weighted by molar-refractivity contribution is 8.12. The van der Waals surface area contributed by atoms with Gasteiger partial charge in [-0.1, -0.05) is 91.0 Å². The van der Waals surface area contributed by atoms with Crippen LogP contribution in [0.1, 0.15) is 61.5 Å². The lowest BCUT2D eigenvalue weighted by Gasteiger charge is -2.35. The number of hydrogen-bond donors (Lipinski definition) is 5. The average Bonchev–Trinajstić information content (AvgIpc) is 3.37. The minimum Gasteiger partial charge on any atom is -0.744 e. The fourth-order valence-electron chi connectivity index (χ4n) is 8.25. The maximum Gasteiger partial charge on any atom is 0.303 e. The van der Waals surface area contributed by atoms with Crippen molar-refractivity contribution in [1.29, 1.82) is 0 Å². The van der Waals surface area contributed by atoms with E-state index in [0.29, 0.717) is 62.5 Å². The van der Waals surface area contributed by atoms with Gasteiger partial charge in [0.2, 0.25) is 32.9 Å². The predicted molar refractivity (Wildman–Crippen MR) is 286 cm³/mol. The van der Waals surface area contributed by atoms with Gasteiger partial charge < -0.3 is 20.3 Å². The number of benzene rings is 4. The molecule has 15 nitrogen and oxygen atoms in total. The van der Waals surface area contributed by atoms with E-state index >= 15 is 0 Å². The third kappa shape index (κ3) is 14.4. The number of amides is 2. The van der Waals surface area contributed by atoms with Gasteiger partial charge in [-0.3, -0.25) is 23.5 Å².